The molecule has 0 saturated carbocycles. The Morgan fingerprint density at radius 2 is 2.27 bits per heavy atom. The maximum Gasteiger partial charge on any atom is 0.233 e. The van der Waals surface area contributed by atoms with Gasteiger partial charge in [-0.3, -0.25) is 4.79 Å². The van der Waals surface area contributed by atoms with Crippen molar-refractivity contribution >= 4 is 5.91 Å². The van der Waals surface area contributed by atoms with Gasteiger partial charge in [0.1, 0.15) is 0 Å². The van der Waals surface area contributed by atoms with E-state index in [9.17, 15) is 4.79 Å². The Morgan fingerprint density at radius 1 is 1.53 bits per heavy atom. The Morgan fingerprint density at radius 3 is 2.80 bits per heavy atom. The Balaban J connectivity index is 2.06. The normalized spacial score (nSPS) is 22.3. The van der Waals surface area contributed by atoms with Gasteiger partial charge in [0.25, 0.3) is 0 Å². The van der Waals surface area contributed by atoms with Crippen molar-refractivity contribution in [3.8, 4) is 0 Å². The van der Waals surface area contributed by atoms with Crippen LogP contribution in [0.3, 0.4) is 0 Å². The molecular formula is C11H23N3O. The van der Waals surface area contributed by atoms with Crippen LogP contribution in [0.15, 0.2) is 0 Å². The first kappa shape index (κ1) is 12.5. The minimum atomic E-state index is 0.109. The lowest BCUT2D eigenvalue weighted by molar-refractivity contribution is -0.120. The molecule has 1 heterocycles. The smallest absolute Gasteiger partial charge is 0.233 e. The highest BCUT2D eigenvalue weighted by Gasteiger charge is 2.19. The van der Waals surface area contributed by atoms with Crippen LogP contribution < -0.4 is 10.6 Å². The van der Waals surface area contributed by atoms with Gasteiger partial charge in [-0.2, -0.15) is 0 Å². The number of hydrogen-bond acceptors (Lipinski definition) is 3. The second-order valence-corrected chi connectivity index (χ2v) is 4.76. The van der Waals surface area contributed by atoms with Crippen molar-refractivity contribution in [2.45, 2.75) is 26.3 Å². The van der Waals surface area contributed by atoms with Gasteiger partial charge in [-0.15, -0.1) is 0 Å². The Labute approximate surface area is 92.4 Å². The third-order valence-corrected chi connectivity index (χ3v) is 2.75. The van der Waals surface area contributed by atoms with Gasteiger partial charge in [0.15, 0.2) is 0 Å². The molecule has 1 rings (SSSR count). The van der Waals surface area contributed by atoms with Gasteiger partial charge < -0.3 is 15.5 Å². The van der Waals surface area contributed by atoms with E-state index in [1.807, 2.05) is 13.8 Å². The van der Waals surface area contributed by atoms with Crippen molar-refractivity contribution in [2.24, 2.45) is 5.92 Å². The highest BCUT2D eigenvalue weighted by atomic mass is 16.1. The minimum Gasteiger partial charge on any atom is -0.355 e. The second kappa shape index (κ2) is 6.08. The number of nitrogens with zero attached hydrogens (tertiary/aromatic N) is 1. The van der Waals surface area contributed by atoms with E-state index in [0.29, 0.717) is 18.5 Å². The lowest BCUT2D eigenvalue weighted by Gasteiger charge is -2.12. The quantitative estimate of drug-likeness (QED) is 0.678. The maximum absolute atomic E-state index is 11.4. The summed E-state index contributed by atoms with van der Waals surface area (Å²) < 4.78 is 0. The lowest BCUT2D eigenvalue weighted by atomic mass is 10.1. The summed E-state index contributed by atoms with van der Waals surface area (Å²) in [5.74, 6) is 0.747. The van der Waals surface area contributed by atoms with E-state index in [2.05, 4.69) is 22.6 Å². The SMILES string of the molecule is CC(C)NCC(=O)NCC1CCN(C)C1. The van der Waals surface area contributed by atoms with Gasteiger partial charge in [-0.05, 0) is 25.9 Å². The Hall–Kier alpha value is -0.610. The molecule has 0 aliphatic carbocycles. The largest absolute Gasteiger partial charge is 0.355 e. The van der Waals surface area contributed by atoms with Crippen molar-refractivity contribution in [1.29, 1.82) is 0 Å². The fraction of sp³-hybridized carbons (Fsp3) is 0.909. The molecule has 0 radical (unpaired) electrons. The molecule has 15 heavy (non-hydrogen) atoms. The number of rotatable bonds is 5. The summed E-state index contributed by atoms with van der Waals surface area (Å²) in [6, 6.07) is 0.369. The summed E-state index contributed by atoms with van der Waals surface area (Å²) in [4.78, 5) is 13.7. The van der Waals surface area contributed by atoms with Gasteiger partial charge in [0.2, 0.25) is 5.91 Å². The zero-order valence-electron chi connectivity index (χ0n) is 10.0. The van der Waals surface area contributed by atoms with Crippen molar-refractivity contribution in [3.63, 3.8) is 0 Å². The van der Waals surface area contributed by atoms with Crippen molar-refractivity contribution in [1.82, 2.24) is 15.5 Å². The number of likely N-dealkylation sites (tertiary alicyclic amines) is 1. The first-order valence-corrected chi connectivity index (χ1v) is 5.76. The predicted octanol–water partition coefficient (Wildman–Crippen LogP) is 0.0523. The van der Waals surface area contributed by atoms with Crippen molar-refractivity contribution < 1.29 is 4.79 Å². The Kier molecular flexibility index (Phi) is 5.05. The summed E-state index contributed by atoms with van der Waals surface area (Å²) in [5, 5.41) is 6.08. The van der Waals surface area contributed by atoms with E-state index in [1.165, 1.54) is 6.42 Å². The van der Waals surface area contributed by atoms with Crippen LogP contribution in [0.2, 0.25) is 0 Å². The molecule has 1 saturated heterocycles. The van der Waals surface area contributed by atoms with Gasteiger partial charge >= 0.3 is 0 Å². The van der Waals surface area contributed by atoms with Crippen LogP contribution >= 0.6 is 0 Å². The zero-order chi connectivity index (χ0) is 11.3. The first-order valence-electron chi connectivity index (χ1n) is 5.76. The molecule has 4 nitrogen and oxygen atoms in total. The molecule has 0 aromatic rings. The molecule has 1 aliphatic heterocycles. The van der Waals surface area contributed by atoms with Crippen LogP contribution in [-0.2, 0) is 4.79 Å². The molecule has 1 atom stereocenters. The van der Waals surface area contributed by atoms with Gasteiger partial charge in [-0.1, -0.05) is 13.8 Å². The number of hydrogen-bond donors (Lipinski definition) is 2. The predicted molar refractivity (Wildman–Crippen MR) is 61.8 cm³/mol. The van der Waals surface area contributed by atoms with Crippen LogP contribution in [0, 0.1) is 5.92 Å². The number of carbonyl (C=O) groups excluding carboxylic acids is 1. The number of amides is 1. The standard InChI is InChI=1S/C11H23N3O/c1-9(2)12-7-11(15)13-6-10-4-5-14(3)8-10/h9-10,12H,4-8H2,1-3H3,(H,13,15). The first-order chi connectivity index (χ1) is 7.08. The average Bonchev–Trinajstić information content (AvgIpc) is 2.58. The fourth-order valence-electron chi connectivity index (χ4n) is 1.81. The van der Waals surface area contributed by atoms with Crippen LogP contribution in [0.1, 0.15) is 20.3 Å². The highest BCUT2D eigenvalue weighted by Crippen LogP contribution is 2.12. The molecule has 2 N–H and O–H groups in total. The zero-order valence-corrected chi connectivity index (χ0v) is 10.0. The second-order valence-electron chi connectivity index (χ2n) is 4.76. The van der Waals surface area contributed by atoms with E-state index in [1.54, 1.807) is 0 Å². The third-order valence-electron chi connectivity index (χ3n) is 2.75. The molecule has 88 valence electrons. The molecule has 0 aromatic carbocycles. The van der Waals surface area contributed by atoms with Crippen LogP contribution in [0.4, 0.5) is 0 Å². The molecule has 1 aliphatic rings. The summed E-state index contributed by atoms with van der Waals surface area (Å²) in [6.07, 6.45) is 1.20. The van der Waals surface area contributed by atoms with E-state index >= 15 is 0 Å². The molecule has 1 unspecified atom stereocenters. The molecule has 4 heteroatoms. The Bertz CT molecular complexity index is 206. The topological polar surface area (TPSA) is 44.4 Å². The molecule has 0 spiro atoms. The number of nitrogens with one attached hydrogen (secondary N) is 2. The molecule has 1 fully saturated rings. The van der Waals surface area contributed by atoms with E-state index < -0.39 is 0 Å². The number of carbonyl (C=O) groups is 1. The van der Waals surface area contributed by atoms with Crippen molar-refractivity contribution in [3.05, 3.63) is 0 Å². The van der Waals surface area contributed by atoms with E-state index in [-0.39, 0.29) is 5.91 Å². The summed E-state index contributed by atoms with van der Waals surface area (Å²) in [6.45, 7) is 7.60. The molecule has 1 amide bonds. The summed E-state index contributed by atoms with van der Waals surface area (Å²) in [5.41, 5.74) is 0. The van der Waals surface area contributed by atoms with Gasteiger partial charge in [0, 0.05) is 19.1 Å². The summed E-state index contributed by atoms with van der Waals surface area (Å²) in [7, 11) is 2.13. The highest BCUT2D eigenvalue weighted by molar-refractivity contribution is 5.77. The van der Waals surface area contributed by atoms with Crippen LogP contribution in [0.5, 0.6) is 0 Å². The average molecular weight is 213 g/mol. The van der Waals surface area contributed by atoms with E-state index in [4.69, 9.17) is 0 Å². The third kappa shape index (κ3) is 5.14. The molecule has 0 bridgehead atoms. The molecule has 0 aromatic heterocycles. The molecular weight excluding hydrogens is 190 g/mol. The van der Waals surface area contributed by atoms with Gasteiger partial charge in [0.05, 0.1) is 6.54 Å². The monoisotopic (exact) mass is 213 g/mol. The van der Waals surface area contributed by atoms with Crippen LogP contribution in [-0.4, -0.2) is 50.1 Å². The maximum atomic E-state index is 11.4. The van der Waals surface area contributed by atoms with Crippen molar-refractivity contribution in [2.75, 3.05) is 33.2 Å². The lowest BCUT2D eigenvalue weighted by Crippen LogP contribution is -2.39. The van der Waals surface area contributed by atoms with E-state index in [0.717, 1.165) is 19.6 Å². The summed E-state index contributed by atoms with van der Waals surface area (Å²) >= 11 is 0. The minimum absolute atomic E-state index is 0.109. The van der Waals surface area contributed by atoms with Crippen LogP contribution in [0.25, 0.3) is 0 Å². The fourth-order valence-corrected chi connectivity index (χ4v) is 1.81. The van der Waals surface area contributed by atoms with Gasteiger partial charge in [-0.25, -0.2) is 0 Å².